The molecule has 1 fully saturated rings. The summed E-state index contributed by atoms with van der Waals surface area (Å²) in [5, 5.41) is 7.05. The number of hydrogen-bond donors (Lipinski definition) is 1. The van der Waals surface area contributed by atoms with Gasteiger partial charge in [0.05, 0.1) is 5.54 Å². The first kappa shape index (κ1) is 21.4. The van der Waals surface area contributed by atoms with Crippen LogP contribution in [0.5, 0.6) is 0 Å². The first-order valence-corrected chi connectivity index (χ1v) is 11.5. The highest BCUT2D eigenvalue weighted by Crippen LogP contribution is 2.48. The van der Waals surface area contributed by atoms with Crippen molar-refractivity contribution in [3.05, 3.63) is 119 Å². The lowest BCUT2D eigenvalue weighted by Gasteiger charge is -2.38. The predicted octanol–water partition coefficient (Wildman–Crippen LogP) is 5.09. The fourth-order valence-corrected chi connectivity index (χ4v) is 5.04. The molecule has 1 aliphatic heterocycles. The largest absolute Gasteiger partial charge is 0.307 e. The van der Waals surface area contributed by atoms with E-state index in [1.807, 2.05) is 25.1 Å². The highest BCUT2D eigenvalue weighted by Gasteiger charge is 2.56. The zero-order chi connectivity index (χ0) is 22.8. The Morgan fingerprint density at radius 3 is 1.85 bits per heavy atom. The molecular weight excluding hydrogens is 432 g/mol. The Balaban J connectivity index is 1.64. The van der Waals surface area contributed by atoms with E-state index in [4.69, 9.17) is 11.6 Å². The summed E-state index contributed by atoms with van der Waals surface area (Å²) in [7, 11) is 0. The summed E-state index contributed by atoms with van der Waals surface area (Å²) in [6.07, 6.45) is 1.68. The number of nitrogens with zero attached hydrogens (tertiary/aromatic N) is 3. The molecule has 5 nitrogen and oxygen atoms in total. The van der Waals surface area contributed by atoms with Crippen molar-refractivity contribution in [1.29, 1.82) is 0 Å². The second-order valence-corrected chi connectivity index (χ2v) is 8.48. The third-order valence-electron chi connectivity index (χ3n) is 6.35. The molecule has 1 aliphatic rings. The number of aromatic nitrogens is 2. The standard InChI is InChI=1S/C27H25ClN4O/c1-2-31(23-18-29-30-25(23)28)26(33)24-19-32(24)27(20-12-6-3-7-13-20,21-14-8-4-9-15-21)22-16-10-5-11-17-22/h3-18,24H,2,19H2,1H3,(H,29,30). The highest BCUT2D eigenvalue weighted by molar-refractivity contribution is 6.32. The molecule has 0 saturated carbocycles. The minimum atomic E-state index is -0.594. The Labute approximate surface area is 198 Å². The Bertz CT molecular complexity index is 1130. The fourth-order valence-electron chi connectivity index (χ4n) is 4.84. The van der Waals surface area contributed by atoms with Gasteiger partial charge in [-0.05, 0) is 23.6 Å². The van der Waals surface area contributed by atoms with E-state index in [1.165, 1.54) is 0 Å². The van der Waals surface area contributed by atoms with Crippen LogP contribution >= 0.6 is 11.6 Å². The highest BCUT2D eigenvalue weighted by atomic mass is 35.5. The van der Waals surface area contributed by atoms with Crippen LogP contribution in [0.4, 0.5) is 5.69 Å². The lowest BCUT2D eigenvalue weighted by molar-refractivity contribution is -0.119. The van der Waals surface area contributed by atoms with E-state index in [1.54, 1.807) is 11.1 Å². The van der Waals surface area contributed by atoms with Crippen molar-refractivity contribution in [3.63, 3.8) is 0 Å². The molecule has 5 rings (SSSR count). The predicted molar refractivity (Wildman–Crippen MR) is 131 cm³/mol. The molecular formula is C27H25ClN4O. The molecule has 0 radical (unpaired) electrons. The van der Waals surface area contributed by atoms with Gasteiger partial charge in [-0.25, -0.2) is 0 Å². The first-order chi connectivity index (χ1) is 16.2. The number of amides is 1. The van der Waals surface area contributed by atoms with Crippen molar-refractivity contribution < 1.29 is 4.79 Å². The zero-order valence-electron chi connectivity index (χ0n) is 18.4. The minimum absolute atomic E-state index is 0.0213. The number of H-pyrrole nitrogens is 1. The van der Waals surface area contributed by atoms with Crippen molar-refractivity contribution in [3.8, 4) is 0 Å². The maximum atomic E-state index is 13.7. The monoisotopic (exact) mass is 456 g/mol. The Hall–Kier alpha value is -3.41. The molecule has 1 aromatic heterocycles. The molecule has 2 unspecified atom stereocenters. The number of hydrogen-bond acceptors (Lipinski definition) is 3. The summed E-state index contributed by atoms with van der Waals surface area (Å²) < 4.78 is 0. The van der Waals surface area contributed by atoms with E-state index in [9.17, 15) is 4.79 Å². The number of rotatable bonds is 7. The summed E-state index contributed by atoms with van der Waals surface area (Å²) in [6, 6.07) is 31.0. The Morgan fingerprint density at radius 2 is 1.45 bits per heavy atom. The molecule has 0 spiro atoms. The molecule has 4 aromatic rings. The van der Waals surface area contributed by atoms with Gasteiger partial charge in [0.1, 0.15) is 11.7 Å². The van der Waals surface area contributed by atoms with Crippen LogP contribution in [-0.2, 0) is 10.3 Å². The number of likely N-dealkylation sites (N-methyl/N-ethyl adjacent to an activating group) is 1. The van der Waals surface area contributed by atoms with Crippen LogP contribution in [0, 0.1) is 0 Å². The smallest absolute Gasteiger partial charge is 0.245 e. The third kappa shape index (κ3) is 3.63. The normalized spacial score (nSPS) is 17.5. The van der Waals surface area contributed by atoms with Gasteiger partial charge in [-0.15, -0.1) is 0 Å². The van der Waals surface area contributed by atoms with Gasteiger partial charge in [0.2, 0.25) is 5.91 Å². The number of benzene rings is 3. The van der Waals surface area contributed by atoms with Crippen LogP contribution in [-0.4, -0.2) is 40.1 Å². The van der Waals surface area contributed by atoms with Crippen LogP contribution in [0.15, 0.2) is 97.2 Å². The number of halogens is 1. The van der Waals surface area contributed by atoms with Crippen LogP contribution in [0.3, 0.4) is 0 Å². The molecule has 2 atom stereocenters. The molecule has 33 heavy (non-hydrogen) atoms. The quantitative estimate of drug-likeness (QED) is 0.311. The lowest BCUT2D eigenvalue weighted by Crippen LogP contribution is -2.43. The van der Waals surface area contributed by atoms with Gasteiger partial charge < -0.3 is 4.90 Å². The number of anilines is 1. The van der Waals surface area contributed by atoms with Crippen molar-refractivity contribution in [1.82, 2.24) is 15.1 Å². The van der Waals surface area contributed by atoms with Gasteiger partial charge in [-0.1, -0.05) is 103 Å². The molecule has 1 amide bonds. The molecule has 1 saturated heterocycles. The van der Waals surface area contributed by atoms with Crippen molar-refractivity contribution in [2.45, 2.75) is 18.5 Å². The molecule has 3 aromatic carbocycles. The van der Waals surface area contributed by atoms with Crippen LogP contribution < -0.4 is 4.90 Å². The van der Waals surface area contributed by atoms with Crippen molar-refractivity contribution >= 4 is 23.2 Å². The number of carbonyl (C=O) groups is 1. The van der Waals surface area contributed by atoms with E-state index in [0.717, 1.165) is 16.7 Å². The van der Waals surface area contributed by atoms with Crippen molar-refractivity contribution in [2.75, 3.05) is 18.0 Å². The van der Waals surface area contributed by atoms with E-state index in [0.29, 0.717) is 23.9 Å². The van der Waals surface area contributed by atoms with Gasteiger partial charge in [0.15, 0.2) is 5.15 Å². The van der Waals surface area contributed by atoms with Crippen LogP contribution in [0.1, 0.15) is 23.6 Å². The van der Waals surface area contributed by atoms with E-state index in [-0.39, 0.29) is 11.9 Å². The van der Waals surface area contributed by atoms with Crippen LogP contribution in [0.25, 0.3) is 0 Å². The van der Waals surface area contributed by atoms with Gasteiger partial charge in [-0.3, -0.25) is 14.8 Å². The van der Waals surface area contributed by atoms with Gasteiger partial charge in [0.25, 0.3) is 0 Å². The average Bonchev–Trinajstić information content (AvgIpc) is 3.56. The maximum absolute atomic E-state index is 13.7. The SMILES string of the molecule is CCN(C(=O)C1CN1C(c1ccccc1)(c1ccccc1)c1ccccc1)c1c[nH]nc1Cl. The number of nitrogens with one attached hydrogen (secondary N) is 1. The van der Waals surface area contributed by atoms with E-state index in [2.05, 4.69) is 87.9 Å². The first-order valence-electron chi connectivity index (χ1n) is 11.1. The fraction of sp³-hybridized carbons (Fsp3) is 0.185. The number of aromatic amines is 1. The molecule has 166 valence electrons. The van der Waals surface area contributed by atoms with Gasteiger partial charge in [0, 0.05) is 19.3 Å². The van der Waals surface area contributed by atoms with Crippen molar-refractivity contribution in [2.24, 2.45) is 0 Å². The molecule has 1 N–H and O–H groups in total. The second kappa shape index (κ2) is 8.85. The zero-order valence-corrected chi connectivity index (χ0v) is 19.1. The summed E-state index contributed by atoms with van der Waals surface area (Å²) in [5.41, 5.74) is 3.40. The van der Waals surface area contributed by atoms with Crippen LogP contribution in [0.2, 0.25) is 5.15 Å². The summed E-state index contributed by atoms with van der Waals surface area (Å²) >= 11 is 6.25. The Morgan fingerprint density at radius 1 is 0.970 bits per heavy atom. The van der Waals surface area contributed by atoms with E-state index < -0.39 is 5.54 Å². The average molecular weight is 457 g/mol. The topological polar surface area (TPSA) is 52.0 Å². The lowest BCUT2D eigenvalue weighted by atomic mass is 9.76. The maximum Gasteiger partial charge on any atom is 0.245 e. The van der Waals surface area contributed by atoms with E-state index >= 15 is 0 Å². The third-order valence-corrected chi connectivity index (χ3v) is 6.63. The second-order valence-electron chi connectivity index (χ2n) is 8.12. The molecule has 0 aliphatic carbocycles. The van der Waals surface area contributed by atoms with Gasteiger partial charge >= 0.3 is 0 Å². The molecule has 2 heterocycles. The summed E-state index contributed by atoms with van der Waals surface area (Å²) in [4.78, 5) is 17.7. The molecule has 6 heteroatoms. The minimum Gasteiger partial charge on any atom is -0.307 e. The molecule has 0 bridgehead atoms. The Kier molecular flexibility index (Phi) is 5.75. The van der Waals surface area contributed by atoms with Gasteiger partial charge in [-0.2, -0.15) is 5.10 Å². The number of carbonyl (C=O) groups excluding carboxylic acids is 1. The summed E-state index contributed by atoms with van der Waals surface area (Å²) in [5.74, 6) is 0.0213. The summed E-state index contributed by atoms with van der Waals surface area (Å²) in [6.45, 7) is 3.10.